The van der Waals surface area contributed by atoms with Crippen molar-refractivity contribution in [2.75, 3.05) is 40.4 Å². The number of likely N-dealkylation sites (tertiary alicyclic amines) is 1. The first-order valence-corrected chi connectivity index (χ1v) is 10.9. The van der Waals surface area contributed by atoms with Crippen molar-refractivity contribution in [3.8, 4) is 5.75 Å². The fourth-order valence-electron chi connectivity index (χ4n) is 3.91. The summed E-state index contributed by atoms with van der Waals surface area (Å²) in [6, 6.07) is 18.7. The van der Waals surface area contributed by atoms with Gasteiger partial charge in [0.15, 0.2) is 5.96 Å². The lowest BCUT2D eigenvalue weighted by Gasteiger charge is -2.22. The minimum absolute atomic E-state index is 0.485. The molecule has 0 amide bonds. The number of methoxy groups -OCH3 is 1. The highest BCUT2D eigenvalue weighted by molar-refractivity contribution is 5.80. The molecule has 1 fully saturated rings. The Morgan fingerprint density at radius 1 is 1.17 bits per heavy atom. The van der Waals surface area contributed by atoms with Gasteiger partial charge in [-0.15, -0.1) is 0 Å². The number of rotatable bonds is 9. The first kappa shape index (κ1) is 22.2. The standard InChI is InChI=1S/C25H35N3O2/c1-20(23-9-11-24(29-3)12-10-23)13-15-27-25(26-2)28-16-14-22(17-28)19-30-18-21-7-5-4-6-8-21/h4-12,20,22H,13-19H2,1-3H3,(H,26,27). The van der Waals surface area contributed by atoms with Crippen LogP contribution < -0.4 is 10.1 Å². The summed E-state index contributed by atoms with van der Waals surface area (Å²) >= 11 is 0. The van der Waals surface area contributed by atoms with Crippen molar-refractivity contribution < 1.29 is 9.47 Å². The number of nitrogens with one attached hydrogen (secondary N) is 1. The Kier molecular flexibility index (Phi) is 8.57. The van der Waals surface area contributed by atoms with Gasteiger partial charge in [-0.2, -0.15) is 0 Å². The van der Waals surface area contributed by atoms with Gasteiger partial charge in [-0.25, -0.2) is 0 Å². The monoisotopic (exact) mass is 409 g/mol. The Morgan fingerprint density at radius 2 is 1.93 bits per heavy atom. The summed E-state index contributed by atoms with van der Waals surface area (Å²) in [6.07, 6.45) is 2.21. The van der Waals surface area contributed by atoms with Crippen LogP contribution in [0.15, 0.2) is 59.6 Å². The van der Waals surface area contributed by atoms with E-state index >= 15 is 0 Å². The maximum atomic E-state index is 5.95. The third-order valence-corrected chi connectivity index (χ3v) is 5.81. The van der Waals surface area contributed by atoms with E-state index in [1.54, 1.807) is 7.11 Å². The number of benzene rings is 2. The molecule has 1 heterocycles. The minimum atomic E-state index is 0.485. The zero-order chi connectivity index (χ0) is 21.2. The molecule has 2 unspecified atom stereocenters. The average molecular weight is 410 g/mol. The van der Waals surface area contributed by atoms with Crippen molar-refractivity contribution in [2.24, 2.45) is 10.9 Å². The Balaban J connectivity index is 1.37. The van der Waals surface area contributed by atoms with Gasteiger partial charge in [-0.3, -0.25) is 4.99 Å². The lowest BCUT2D eigenvalue weighted by atomic mass is 9.98. The number of nitrogens with zero attached hydrogens (tertiary/aromatic N) is 2. The smallest absolute Gasteiger partial charge is 0.193 e. The largest absolute Gasteiger partial charge is 0.497 e. The number of aliphatic imine (C=N–C) groups is 1. The van der Waals surface area contributed by atoms with Crippen LogP contribution in [0.25, 0.3) is 0 Å². The minimum Gasteiger partial charge on any atom is -0.497 e. The van der Waals surface area contributed by atoms with Gasteiger partial charge in [-0.1, -0.05) is 49.4 Å². The van der Waals surface area contributed by atoms with Gasteiger partial charge in [-0.05, 0) is 42.0 Å². The Bertz CT molecular complexity index is 777. The summed E-state index contributed by atoms with van der Waals surface area (Å²) in [5, 5.41) is 3.55. The van der Waals surface area contributed by atoms with Crippen LogP contribution in [0.4, 0.5) is 0 Å². The summed E-state index contributed by atoms with van der Waals surface area (Å²) in [5.74, 6) is 2.95. The highest BCUT2D eigenvalue weighted by atomic mass is 16.5. The van der Waals surface area contributed by atoms with Crippen LogP contribution in [-0.2, 0) is 11.3 Å². The van der Waals surface area contributed by atoms with Crippen molar-refractivity contribution in [2.45, 2.75) is 32.3 Å². The zero-order valence-electron chi connectivity index (χ0n) is 18.5. The van der Waals surface area contributed by atoms with Gasteiger partial charge in [0.25, 0.3) is 0 Å². The third kappa shape index (κ3) is 6.49. The molecule has 0 aliphatic carbocycles. The van der Waals surface area contributed by atoms with Crippen LogP contribution in [0, 0.1) is 5.92 Å². The quantitative estimate of drug-likeness (QED) is 0.495. The molecule has 0 saturated carbocycles. The fraction of sp³-hybridized carbons (Fsp3) is 0.480. The molecule has 30 heavy (non-hydrogen) atoms. The number of guanidine groups is 1. The van der Waals surface area contributed by atoms with Crippen molar-refractivity contribution in [3.05, 3.63) is 65.7 Å². The number of hydrogen-bond acceptors (Lipinski definition) is 3. The second-order valence-electron chi connectivity index (χ2n) is 8.04. The van der Waals surface area contributed by atoms with E-state index in [2.05, 4.69) is 58.5 Å². The molecule has 3 rings (SSSR count). The number of hydrogen-bond donors (Lipinski definition) is 1. The van der Waals surface area contributed by atoms with Crippen molar-refractivity contribution >= 4 is 5.96 Å². The molecule has 2 aromatic carbocycles. The van der Waals surface area contributed by atoms with E-state index in [0.29, 0.717) is 18.4 Å². The SMILES string of the molecule is CN=C(NCCC(C)c1ccc(OC)cc1)N1CCC(COCc2ccccc2)C1. The Labute approximate surface area is 181 Å². The topological polar surface area (TPSA) is 46.1 Å². The summed E-state index contributed by atoms with van der Waals surface area (Å²) in [6.45, 7) is 6.70. The molecule has 1 aliphatic heterocycles. The van der Waals surface area contributed by atoms with E-state index in [1.165, 1.54) is 11.1 Å². The lowest BCUT2D eigenvalue weighted by molar-refractivity contribution is 0.0907. The van der Waals surface area contributed by atoms with E-state index < -0.39 is 0 Å². The van der Waals surface area contributed by atoms with Gasteiger partial charge >= 0.3 is 0 Å². The predicted molar refractivity (Wildman–Crippen MR) is 123 cm³/mol. The maximum absolute atomic E-state index is 5.95. The van der Waals surface area contributed by atoms with Gasteiger partial charge < -0.3 is 19.7 Å². The molecule has 0 aromatic heterocycles. The normalized spacial score (nSPS) is 17.8. The average Bonchev–Trinajstić information content (AvgIpc) is 3.26. The van der Waals surface area contributed by atoms with E-state index in [0.717, 1.165) is 50.8 Å². The van der Waals surface area contributed by atoms with Gasteiger partial charge in [0.05, 0.1) is 20.3 Å². The molecule has 0 radical (unpaired) electrons. The van der Waals surface area contributed by atoms with E-state index in [9.17, 15) is 0 Å². The Hall–Kier alpha value is -2.53. The fourth-order valence-corrected chi connectivity index (χ4v) is 3.91. The lowest BCUT2D eigenvalue weighted by Crippen LogP contribution is -2.40. The molecule has 1 saturated heterocycles. The molecular formula is C25H35N3O2. The highest BCUT2D eigenvalue weighted by Gasteiger charge is 2.25. The molecule has 0 bridgehead atoms. The first-order chi connectivity index (χ1) is 14.7. The Morgan fingerprint density at radius 3 is 2.63 bits per heavy atom. The van der Waals surface area contributed by atoms with Crippen LogP contribution in [0.1, 0.15) is 36.8 Å². The summed E-state index contributed by atoms with van der Waals surface area (Å²) < 4.78 is 11.2. The van der Waals surface area contributed by atoms with Crippen molar-refractivity contribution in [3.63, 3.8) is 0 Å². The van der Waals surface area contributed by atoms with Gasteiger partial charge in [0.1, 0.15) is 5.75 Å². The molecule has 0 spiro atoms. The van der Waals surface area contributed by atoms with Gasteiger partial charge in [0.2, 0.25) is 0 Å². The molecule has 1 aliphatic rings. The zero-order valence-corrected chi connectivity index (χ0v) is 18.5. The highest BCUT2D eigenvalue weighted by Crippen LogP contribution is 2.22. The molecule has 5 heteroatoms. The summed E-state index contributed by atoms with van der Waals surface area (Å²) in [7, 11) is 3.57. The molecule has 2 atom stereocenters. The predicted octanol–water partition coefficient (Wildman–Crippen LogP) is 4.30. The van der Waals surface area contributed by atoms with Gasteiger partial charge in [0, 0.05) is 32.6 Å². The van der Waals surface area contributed by atoms with Crippen molar-refractivity contribution in [1.29, 1.82) is 0 Å². The molecule has 1 N–H and O–H groups in total. The van der Waals surface area contributed by atoms with Crippen LogP contribution in [0.2, 0.25) is 0 Å². The molecule has 162 valence electrons. The van der Waals surface area contributed by atoms with Crippen LogP contribution in [0.5, 0.6) is 5.75 Å². The molecular weight excluding hydrogens is 374 g/mol. The molecule has 5 nitrogen and oxygen atoms in total. The van der Waals surface area contributed by atoms with E-state index in [4.69, 9.17) is 9.47 Å². The van der Waals surface area contributed by atoms with Crippen LogP contribution in [0.3, 0.4) is 0 Å². The first-order valence-electron chi connectivity index (χ1n) is 10.9. The molecule has 2 aromatic rings. The van der Waals surface area contributed by atoms with E-state index in [-0.39, 0.29) is 0 Å². The van der Waals surface area contributed by atoms with Crippen LogP contribution >= 0.6 is 0 Å². The second-order valence-corrected chi connectivity index (χ2v) is 8.04. The second kappa shape index (κ2) is 11.6. The summed E-state index contributed by atoms with van der Waals surface area (Å²) in [4.78, 5) is 6.85. The maximum Gasteiger partial charge on any atom is 0.193 e. The summed E-state index contributed by atoms with van der Waals surface area (Å²) in [5.41, 5.74) is 2.57. The third-order valence-electron chi connectivity index (χ3n) is 5.81. The van der Waals surface area contributed by atoms with Crippen LogP contribution in [-0.4, -0.2) is 51.3 Å². The van der Waals surface area contributed by atoms with Crippen molar-refractivity contribution in [1.82, 2.24) is 10.2 Å². The van der Waals surface area contributed by atoms with E-state index in [1.807, 2.05) is 25.2 Å². The number of ether oxygens (including phenoxy) is 2.